The highest BCUT2D eigenvalue weighted by Crippen LogP contribution is 2.19. The van der Waals surface area contributed by atoms with Gasteiger partial charge in [0.1, 0.15) is 6.04 Å². The van der Waals surface area contributed by atoms with Gasteiger partial charge in [0, 0.05) is 18.7 Å². The fourth-order valence-corrected chi connectivity index (χ4v) is 2.81. The lowest BCUT2D eigenvalue weighted by Crippen LogP contribution is -2.55. The predicted molar refractivity (Wildman–Crippen MR) is 88.3 cm³/mol. The van der Waals surface area contributed by atoms with E-state index in [0.29, 0.717) is 31.3 Å². The van der Waals surface area contributed by atoms with E-state index < -0.39 is 12.0 Å². The summed E-state index contributed by atoms with van der Waals surface area (Å²) in [4.78, 5) is 29.9. The van der Waals surface area contributed by atoms with E-state index in [4.69, 9.17) is 4.52 Å². The number of hydrogen-bond donors (Lipinski definition) is 1. The van der Waals surface area contributed by atoms with Crippen LogP contribution in [0.5, 0.6) is 0 Å². The first-order valence-corrected chi connectivity index (χ1v) is 8.05. The maximum Gasteiger partial charge on any atom is 0.307 e. The number of carbonyl (C=O) groups excluding carboxylic acids is 2. The van der Waals surface area contributed by atoms with Crippen molar-refractivity contribution in [3.63, 3.8) is 0 Å². The van der Waals surface area contributed by atoms with Crippen molar-refractivity contribution < 1.29 is 18.8 Å². The second kappa shape index (κ2) is 7.43. The molecule has 1 unspecified atom stereocenters. The lowest BCUT2D eigenvalue weighted by molar-refractivity contribution is -0.146. The van der Waals surface area contributed by atoms with Gasteiger partial charge in [0.2, 0.25) is 17.6 Å². The van der Waals surface area contributed by atoms with Gasteiger partial charge in [-0.25, -0.2) is 0 Å². The van der Waals surface area contributed by atoms with Crippen LogP contribution in [0.25, 0.3) is 11.4 Å². The summed E-state index contributed by atoms with van der Waals surface area (Å²) < 4.78 is 10.0. The van der Waals surface area contributed by atoms with Gasteiger partial charge in [-0.05, 0) is 13.0 Å². The Morgan fingerprint density at radius 1 is 1.48 bits per heavy atom. The molecule has 0 spiro atoms. The number of esters is 1. The number of piperazine rings is 1. The van der Waals surface area contributed by atoms with Gasteiger partial charge < -0.3 is 14.6 Å². The van der Waals surface area contributed by atoms with E-state index in [9.17, 15) is 9.59 Å². The highest BCUT2D eigenvalue weighted by atomic mass is 16.5. The summed E-state index contributed by atoms with van der Waals surface area (Å²) in [6.45, 7) is 3.40. The first kappa shape index (κ1) is 17.1. The van der Waals surface area contributed by atoms with E-state index >= 15 is 0 Å². The molecule has 132 valence electrons. The monoisotopic (exact) mass is 344 g/mol. The van der Waals surface area contributed by atoms with Crippen LogP contribution in [0.2, 0.25) is 0 Å². The lowest BCUT2D eigenvalue weighted by atomic mass is 10.1. The molecule has 8 nitrogen and oxygen atoms in total. The van der Waals surface area contributed by atoms with Crippen LogP contribution in [-0.2, 0) is 20.9 Å². The average molecular weight is 344 g/mol. The molecule has 25 heavy (non-hydrogen) atoms. The van der Waals surface area contributed by atoms with Crippen molar-refractivity contribution in [3.05, 3.63) is 35.7 Å². The van der Waals surface area contributed by atoms with Gasteiger partial charge in [-0.3, -0.25) is 14.5 Å². The number of hydrogen-bond acceptors (Lipinski definition) is 7. The fraction of sp³-hybridized carbons (Fsp3) is 0.412. The lowest BCUT2D eigenvalue weighted by Gasteiger charge is -2.33. The van der Waals surface area contributed by atoms with Crippen molar-refractivity contribution in [2.24, 2.45) is 0 Å². The molecule has 1 saturated heterocycles. The summed E-state index contributed by atoms with van der Waals surface area (Å²) in [5.74, 6) is 0.277. The molecule has 0 radical (unpaired) electrons. The molecule has 2 heterocycles. The van der Waals surface area contributed by atoms with Gasteiger partial charge >= 0.3 is 5.97 Å². The molecule has 0 aliphatic carbocycles. The molecule has 0 saturated carbocycles. The SMILES string of the molecule is COC(=O)CC1C(=O)NCCN1Cc1nc(-c2cccc(C)c2)no1. The Kier molecular flexibility index (Phi) is 5.08. The first-order chi connectivity index (χ1) is 12.1. The van der Waals surface area contributed by atoms with E-state index in [1.165, 1.54) is 7.11 Å². The largest absolute Gasteiger partial charge is 0.469 e. The number of aromatic nitrogens is 2. The Bertz CT molecular complexity index is 774. The van der Waals surface area contributed by atoms with Crippen LogP contribution in [0.1, 0.15) is 17.9 Å². The van der Waals surface area contributed by atoms with Gasteiger partial charge in [-0.15, -0.1) is 0 Å². The number of carbonyl (C=O) groups is 2. The highest BCUT2D eigenvalue weighted by Gasteiger charge is 2.33. The Balaban J connectivity index is 1.74. The molecule has 8 heteroatoms. The normalized spacial score (nSPS) is 18.0. The number of nitrogens with zero attached hydrogens (tertiary/aromatic N) is 3. The van der Waals surface area contributed by atoms with Crippen LogP contribution < -0.4 is 5.32 Å². The predicted octanol–water partition coefficient (Wildman–Crippen LogP) is 0.909. The molecule has 0 bridgehead atoms. The minimum atomic E-state index is -0.601. The highest BCUT2D eigenvalue weighted by molar-refractivity contribution is 5.87. The second-order valence-electron chi connectivity index (χ2n) is 5.94. The van der Waals surface area contributed by atoms with Crippen molar-refractivity contribution in [1.82, 2.24) is 20.4 Å². The second-order valence-corrected chi connectivity index (χ2v) is 5.94. The van der Waals surface area contributed by atoms with E-state index in [0.717, 1.165) is 11.1 Å². The molecular formula is C17H20N4O4. The van der Waals surface area contributed by atoms with Crippen molar-refractivity contribution in [2.45, 2.75) is 25.9 Å². The summed E-state index contributed by atoms with van der Waals surface area (Å²) in [5, 5.41) is 6.77. The zero-order valence-corrected chi connectivity index (χ0v) is 14.2. The van der Waals surface area contributed by atoms with Crippen LogP contribution in [0.4, 0.5) is 0 Å². The van der Waals surface area contributed by atoms with Gasteiger partial charge in [-0.2, -0.15) is 4.98 Å². The van der Waals surface area contributed by atoms with Crippen molar-refractivity contribution in [2.75, 3.05) is 20.2 Å². The average Bonchev–Trinajstić information content (AvgIpc) is 3.06. The zero-order valence-electron chi connectivity index (χ0n) is 14.2. The van der Waals surface area contributed by atoms with Crippen molar-refractivity contribution in [3.8, 4) is 11.4 Å². The van der Waals surface area contributed by atoms with Gasteiger partial charge in [0.25, 0.3) is 0 Å². The molecule has 3 rings (SSSR count). The minimum Gasteiger partial charge on any atom is -0.469 e. The van der Waals surface area contributed by atoms with Gasteiger partial charge in [0.05, 0.1) is 20.1 Å². The van der Waals surface area contributed by atoms with E-state index in [2.05, 4.69) is 20.2 Å². The Hall–Kier alpha value is -2.74. The summed E-state index contributed by atoms with van der Waals surface area (Å²) in [6, 6.07) is 7.21. The Morgan fingerprint density at radius 2 is 2.32 bits per heavy atom. The summed E-state index contributed by atoms with van der Waals surface area (Å²) in [6.07, 6.45) is -0.0127. The maximum absolute atomic E-state index is 12.1. The minimum absolute atomic E-state index is 0.0127. The standard InChI is InChI=1S/C17H20N4O4/c1-11-4-3-5-12(8-11)16-19-14(25-20-16)10-21-7-6-18-17(23)13(21)9-15(22)24-2/h3-5,8,13H,6-7,9-10H2,1-2H3,(H,18,23). The summed E-state index contributed by atoms with van der Waals surface area (Å²) >= 11 is 0. The van der Waals surface area contributed by atoms with Crippen LogP contribution in [0.3, 0.4) is 0 Å². The summed E-state index contributed by atoms with van der Waals surface area (Å²) in [5.41, 5.74) is 1.98. The Labute approximate surface area is 145 Å². The van der Waals surface area contributed by atoms with Crippen LogP contribution in [0, 0.1) is 6.92 Å². The number of rotatable bonds is 5. The third-order valence-corrected chi connectivity index (χ3v) is 4.11. The molecular weight excluding hydrogens is 324 g/mol. The molecule has 1 N–H and O–H groups in total. The van der Waals surface area contributed by atoms with E-state index in [-0.39, 0.29) is 12.3 Å². The molecule has 1 amide bonds. The number of aryl methyl sites for hydroxylation is 1. The Morgan fingerprint density at radius 3 is 3.08 bits per heavy atom. The first-order valence-electron chi connectivity index (χ1n) is 8.05. The molecule has 1 aromatic carbocycles. The summed E-state index contributed by atoms with van der Waals surface area (Å²) in [7, 11) is 1.31. The quantitative estimate of drug-likeness (QED) is 0.805. The molecule has 1 atom stereocenters. The number of methoxy groups -OCH3 is 1. The van der Waals surface area contributed by atoms with Crippen LogP contribution >= 0.6 is 0 Å². The number of amides is 1. The number of benzene rings is 1. The molecule has 1 aliphatic rings. The van der Waals surface area contributed by atoms with Gasteiger partial charge in [0.15, 0.2) is 0 Å². The number of ether oxygens (including phenoxy) is 1. The molecule has 1 aromatic heterocycles. The molecule has 1 fully saturated rings. The fourth-order valence-electron chi connectivity index (χ4n) is 2.81. The zero-order chi connectivity index (χ0) is 17.8. The van der Waals surface area contributed by atoms with Crippen molar-refractivity contribution >= 4 is 11.9 Å². The van der Waals surface area contributed by atoms with Crippen LogP contribution in [-0.4, -0.2) is 53.2 Å². The number of nitrogens with one attached hydrogen (secondary N) is 1. The van der Waals surface area contributed by atoms with E-state index in [1.54, 1.807) is 0 Å². The third-order valence-electron chi connectivity index (χ3n) is 4.11. The van der Waals surface area contributed by atoms with Gasteiger partial charge in [-0.1, -0.05) is 28.9 Å². The smallest absolute Gasteiger partial charge is 0.307 e. The topological polar surface area (TPSA) is 97.6 Å². The molecule has 1 aliphatic heterocycles. The van der Waals surface area contributed by atoms with E-state index in [1.807, 2.05) is 36.1 Å². The van der Waals surface area contributed by atoms with Crippen molar-refractivity contribution in [1.29, 1.82) is 0 Å². The van der Waals surface area contributed by atoms with Crippen LogP contribution in [0.15, 0.2) is 28.8 Å². The maximum atomic E-state index is 12.1. The molecule has 2 aromatic rings. The third kappa shape index (κ3) is 4.03.